The van der Waals surface area contributed by atoms with E-state index in [0.717, 1.165) is 12.0 Å². The van der Waals surface area contributed by atoms with Gasteiger partial charge in [0, 0.05) is 161 Å². The van der Waals surface area contributed by atoms with Crippen molar-refractivity contribution in [2.75, 3.05) is 149 Å². The molecule has 1 aromatic rings. The summed E-state index contributed by atoms with van der Waals surface area (Å²) in [7, 11) is 0. The summed E-state index contributed by atoms with van der Waals surface area (Å²) < 4.78 is 16.7. The van der Waals surface area contributed by atoms with Crippen LogP contribution in [0.15, 0.2) is 24.3 Å². The van der Waals surface area contributed by atoms with Crippen LogP contribution < -0.4 is 5.32 Å². The van der Waals surface area contributed by atoms with E-state index in [1.807, 2.05) is 17.2 Å². The molecule has 86 heavy (non-hydrogen) atoms. The quantitative estimate of drug-likeness (QED) is 0.0271. The zero-order valence-electron chi connectivity index (χ0n) is 50.3. The van der Waals surface area contributed by atoms with Gasteiger partial charge in [0.15, 0.2) is 17.3 Å². The topological polar surface area (TPSA) is 328 Å². The number of aliphatic carboxylic acids is 3. The third-order valence-corrected chi connectivity index (χ3v) is 16.4. The molecule has 2 heterocycles. The molecule has 0 aromatic heterocycles. The zero-order chi connectivity index (χ0) is 62.5. The van der Waals surface area contributed by atoms with Crippen LogP contribution in [0.2, 0.25) is 0 Å². The first-order valence-corrected chi connectivity index (χ1v) is 31.8. The number of unbranched alkanes of at least 4 members (excludes halogenated alkanes) is 1. The summed E-state index contributed by atoms with van der Waals surface area (Å²) in [6, 6.07) is 6.91. The van der Waals surface area contributed by atoms with Crippen molar-refractivity contribution >= 4 is 93.8 Å². The van der Waals surface area contributed by atoms with Crippen LogP contribution in [-0.2, 0) is 68.6 Å². The number of carbonyl (C=O) groups excluding carboxylic acids is 8. The average Bonchev–Trinajstić information content (AvgIpc) is 3.98. The number of ether oxygens (including phenoxy) is 3. The fraction of sp³-hybridized carbons (Fsp3) is 0.695. The van der Waals surface area contributed by atoms with Crippen molar-refractivity contribution in [1.82, 2.24) is 29.8 Å². The van der Waals surface area contributed by atoms with E-state index < -0.39 is 40.9 Å². The Morgan fingerprint density at radius 2 is 1.22 bits per heavy atom. The van der Waals surface area contributed by atoms with Crippen LogP contribution in [0, 0.1) is 57.2 Å². The number of likely N-dealkylation sites (tertiary alicyclic amines) is 1. The smallest absolute Gasteiger partial charge is 0.317 e. The number of hydrogen-bond acceptors (Lipinski definition) is 21. The van der Waals surface area contributed by atoms with Gasteiger partial charge >= 0.3 is 17.9 Å². The molecule has 27 heteroatoms. The fourth-order valence-corrected chi connectivity index (χ4v) is 11.3. The minimum Gasteiger partial charge on any atom is -0.480 e. The summed E-state index contributed by atoms with van der Waals surface area (Å²) >= 11 is 2.97. The van der Waals surface area contributed by atoms with Gasteiger partial charge in [-0.1, -0.05) is 24.6 Å². The molecule has 2 fully saturated rings. The number of benzene rings is 1. The molecule has 0 aliphatic carbocycles. The van der Waals surface area contributed by atoms with Crippen LogP contribution >= 0.6 is 23.5 Å². The van der Waals surface area contributed by atoms with Gasteiger partial charge in [0.25, 0.3) is 0 Å². The van der Waals surface area contributed by atoms with E-state index in [1.54, 1.807) is 39.8 Å². The summed E-state index contributed by atoms with van der Waals surface area (Å²) in [5.74, 6) is -4.86. The van der Waals surface area contributed by atoms with Gasteiger partial charge in [-0.2, -0.15) is 11.8 Å². The van der Waals surface area contributed by atoms with Crippen LogP contribution in [0.3, 0.4) is 0 Å². The Morgan fingerprint density at radius 3 is 1.78 bits per heavy atom. The molecule has 3 rings (SSSR count). The standard InChI is InChI=1S/C59H91N7O17S2.Gd/c1-43(60)9-8-31-85-53-36-54(72)66(59(53)80)17-5-4-11-46(44(2)67)34-51(70)37-61-58(79)48(16-32-84-3)35-52(71)47-12-6-10-45(33-47)14-15-50(69)42-83-30-29-82-28-27-81-26-7-13-49(68)38-62-18-20-63(39-55(73)74)22-24-65(41-57(77)78)25-23-64(21-19-62)40-56(75)76;/h6,10,12,33,46,48,53,60H,4-5,7-9,11,13-32,34-42H2,1-3H3,(H,61,79)(H,73,74)(H,75,76)(H,77,78);/t46-,48-,53?;/m1./s1. The van der Waals surface area contributed by atoms with Crippen molar-refractivity contribution in [3.05, 3.63) is 35.4 Å². The average molecular weight is 1390 g/mol. The minimum absolute atomic E-state index is 0. The van der Waals surface area contributed by atoms with E-state index in [9.17, 15) is 68.1 Å². The molecule has 3 atom stereocenters. The number of hydrogen-bond donors (Lipinski definition) is 5. The molecule has 5 N–H and O–H groups in total. The molecule has 3 amide bonds. The summed E-state index contributed by atoms with van der Waals surface area (Å²) in [6.07, 6.45) is 6.35. The minimum atomic E-state index is -1.04. The number of nitrogens with one attached hydrogen (secondary N) is 2. The number of rotatable bonds is 45. The maximum atomic E-state index is 13.5. The van der Waals surface area contributed by atoms with Crippen molar-refractivity contribution in [2.45, 2.75) is 103 Å². The van der Waals surface area contributed by atoms with Crippen molar-refractivity contribution in [3.63, 3.8) is 0 Å². The van der Waals surface area contributed by atoms with Gasteiger partial charge < -0.3 is 40.3 Å². The van der Waals surface area contributed by atoms with Gasteiger partial charge in [0.1, 0.15) is 18.2 Å². The Balaban J connectivity index is 0.0000252. The number of thioether (sulfide) groups is 2. The van der Waals surface area contributed by atoms with E-state index in [0.29, 0.717) is 101 Å². The number of nitrogens with zero attached hydrogens (tertiary/aromatic N) is 5. The maximum Gasteiger partial charge on any atom is 0.317 e. The Morgan fingerprint density at radius 1 is 0.651 bits per heavy atom. The maximum absolute atomic E-state index is 13.5. The molecule has 484 valence electrons. The number of imide groups is 1. The van der Waals surface area contributed by atoms with Crippen LogP contribution in [0.4, 0.5) is 0 Å². The number of carbonyl (C=O) groups is 11. The summed E-state index contributed by atoms with van der Waals surface area (Å²) in [5, 5.41) is 38.1. The second kappa shape index (κ2) is 45.3. The third-order valence-electron chi connectivity index (χ3n) is 14.5. The van der Waals surface area contributed by atoms with Gasteiger partial charge in [-0.25, -0.2) is 0 Å². The van der Waals surface area contributed by atoms with E-state index >= 15 is 0 Å². The largest absolute Gasteiger partial charge is 0.480 e. The van der Waals surface area contributed by atoms with Crippen LogP contribution in [0.5, 0.6) is 0 Å². The summed E-state index contributed by atoms with van der Waals surface area (Å²) in [6.45, 7) is 6.05. The monoisotopic (exact) mass is 1390 g/mol. The molecular weight excluding hydrogens is 1300 g/mol. The molecule has 0 saturated carbocycles. The van der Waals surface area contributed by atoms with Crippen LogP contribution in [0.25, 0.3) is 0 Å². The first-order valence-electron chi connectivity index (χ1n) is 29.4. The SMILES string of the molecule is CSCC[C@H](CC(=O)c1cccc(CCC(=O)COCCOCCOCCCC(=O)CN2CCN(CC(=O)O)CCN(CC(=O)O)CCN(CC(=O)O)CC2)c1)C(=O)NCC(=O)C[C@@H](CCCCN1C(=O)CC(SCCCC(C)=N)C1=O)C(C)=O.[Gd]. The molecule has 24 nitrogen and oxygen atoms in total. The second-order valence-corrected chi connectivity index (χ2v) is 23.9. The van der Waals surface area contributed by atoms with E-state index in [1.165, 1.54) is 35.3 Å². The van der Waals surface area contributed by atoms with Crippen molar-refractivity contribution in [2.24, 2.45) is 11.8 Å². The van der Waals surface area contributed by atoms with Crippen LogP contribution in [-0.4, -0.2) is 264 Å². The number of Topliss-reactive ketones (excluding diaryl/α,β-unsaturated/α-hetero) is 5. The molecule has 2 saturated heterocycles. The third kappa shape index (κ3) is 34.7. The number of ketones is 5. The number of carboxylic acid groups (broad SMARTS) is 3. The molecule has 2 aliphatic heterocycles. The predicted molar refractivity (Wildman–Crippen MR) is 321 cm³/mol. The first kappa shape index (κ1) is 78.1. The van der Waals surface area contributed by atoms with Crippen LogP contribution in [0.1, 0.15) is 107 Å². The van der Waals surface area contributed by atoms with Gasteiger partial charge in [0.2, 0.25) is 17.7 Å². The second-order valence-electron chi connectivity index (χ2n) is 21.6. The van der Waals surface area contributed by atoms with Crippen molar-refractivity contribution in [3.8, 4) is 0 Å². The normalized spacial score (nSPS) is 16.5. The molecule has 2 aliphatic rings. The zero-order valence-corrected chi connectivity index (χ0v) is 54.2. The Kier molecular flexibility index (Phi) is 41.1. The number of aryl methyl sites for hydroxylation is 1. The number of amides is 3. The van der Waals surface area contributed by atoms with Crippen molar-refractivity contribution in [1.29, 1.82) is 5.41 Å². The summed E-state index contributed by atoms with van der Waals surface area (Å²) in [4.78, 5) is 146. The van der Waals surface area contributed by atoms with Gasteiger partial charge in [-0.3, -0.25) is 77.2 Å². The Bertz CT molecular complexity index is 2340. The van der Waals surface area contributed by atoms with E-state index in [2.05, 4.69) is 5.32 Å². The van der Waals surface area contributed by atoms with Gasteiger partial charge in [0.05, 0.1) is 64.4 Å². The first-order chi connectivity index (χ1) is 40.6. The van der Waals surface area contributed by atoms with E-state index in [4.69, 9.17) is 19.6 Å². The number of carboxylic acids is 3. The molecular formula is C59H91GdN7O17S2. The Hall–Kier alpha value is -4.00. The molecule has 0 spiro atoms. The predicted octanol–water partition coefficient (Wildman–Crippen LogP) is 3.14. The molecule has 1 aromatic carbocycles. The van der Waals surface area contributed by atoms with Gasteiger partial charge in [-0.15, -0.1) is 11.8 Å². The molecule has 1 unspecified atom stereocenters. The van der Waals surface area contributed by atoms with Gasteiger partial charge in [-0.05, 0) is 88.2 Å². The molecule has 0 bridgehead atoms. The Labute approximate surface area is 546 Å². The summed E-state index contributed by atoms with van der Waals surface area (Å²) in [5.41, 5.74) is 1.74. The van der Waals surface area contributed by atoms with E-state index in [-0.39, 0.29) is 211 Å². The fourth-order valence-electron chi connectivity index (χ4n) is 9.66. The van der Waals surface area contributed by atoms with Crippen molar-refractivity contribution < 1.29 is 122 Å². The molecule has 0 radical (unpaired) electrons.